The van der Waals surface area contributed by atoms with Crippen LogP contribution in [0.15, 0.2) is 12.3 Å². The molecule has 2 unspecified atom stereocenters. The fraction of sp³-hybridized carbons (Fsp3) is 0.615. The third kappa shape index (κ3) is 2.41. The maximum atomic E-state index is 12.3. The highest BCUT2D eigenvalue weighted by Crippen LogP contribution is 2.52. The molecular formula is C13H19N3O5. The van der Waals surface area contributed by atoms with E-state index in [0.29, 0.717) is 0 Å². The molecule has 2 heterocycles. The van der Waals surface area contributed by atoms with Crippen LogP contribution >= 0.6 is 0 Å². The largest absolute Gasteiger partial charge is 0.459 e. The predicted molar refractivity (Wildman–Crippen MR) is 71.3 cm³/mol. The molecule has 4 N–H and O–H groups in total. The Kier molecular flexibility index (Phi) is 3.15. The fourth-order valence-electron chi connectivity index (χ4n) is 2.90. The first-order valence-corrected chi connectivity index (χ1v) is 6.49. The molecule has 8 nitrogen and oxygen atoms in total. The molecule has 2 atom stereocenters. The molecule has 0 aliphatic carbocycles. The molecule has 2 amide bonds. The summed E-state index contributed by atoms with van der Waals surface area (Å²) in [6.07, 6.45) is 0.331. The fourth-order valence-corrected chi connectivity index (χ4v) is 2.90. The van der Waals surface area contributed by atoms with Crippen LogP contribution in [0, 0.1) is 5.41 Å². The third-order valence-corrected chi connectivity index (χ3v) is 3.81. The first-order chi connectivity index (χ1) is 9.51. The van der Waals surface area contributed by atoms with Crippen molar-refractivity contribution in [2.24, 2.45) is 11.1 Å². The molecule has 2 saturated heterocycles. The predicted octanol–water partition coefficient (Wildman–Crippen LogP) is 0.0905. The van der Waals surface area contributed by atoms with Crippen molar-refractivity contribution in [3.8, 4) is 0 Å². The summed E-state index contributed by atoms with van der Waals surface area (Å²) >= 11 is 0. The smallest absolute Gasteiger partial charge is 0.330 e. The summed E-state index contributed by atoms with van der Waals surface area (Å²) in [5.74, 6) is -1.22. The molecular weight excluding hydrogens is 278 g/mol. The van der Waals surface area contributed by atoms with Gasteiger partial charge < -0.3 is 15.2 Å². The molecule has 1 spiro atoms. The second-order valence-electron chi connectivity index (χ2n) is 6.30. The van der Waals surface area contributed by atoms with Crippen LogP contribution < -0.4 is 16.6 Å². The second kappa shape index (κ2) is 4.37. The molecule has 0 bridgehead atoms. The minimum atomic E-state index is -1.32. The Morgan fingerprint density at radius 3 is 2.19 bits per heavy atom. The zero-order valence-corrected chi connectivity index (χ0v) is 12.2. The summed E-state index contributed by atoms with van der Waals surface area (Å²) in [6, 6.07) is -0.805. The summed E-state index contributed by atoms with van der Waals surface area (Å²) in [4.78, 5) is 35.1. The van der Waals surface area contributed by atoms with Gasteiger partial charge in [0, 0.05) is 12.8 Å². The second-order valence-corrected chi connectivity index (χ2v) is 6.30. The molecule has 0 aromatic carbocycles. The van der Waals surface area contributed by atoms with Gasteiger partial charge in [-0.25, -0.2) is 4.79 Å². The average molecular weight is 297 g/mol. The van der Waals surface area contributed by atoms with E-state index in [0.717, 1.165) is 0 Å². The molecule has 21 heavy (non-hydrogen) atoms. The van der Waals surface area contributed by atoms with Gasteiger partial charge in [-0.3, -0.25) is 20.4 Å². The number of nitrogens with two attached hydrogens (primary N) is 1. The maximum Gasteiger partial charge on any atom is 0.330 e. The Balaban J connectivity index is 2.21. The number of cyclic esters (lactones) is 2. The Labute approximate surface area is 122 Å². The van der Waals surface area contributed by atoms with Crippen molar-refractivity contribution in [3.63, 3.8) is 0 Å². The van der Waals surface area contributed by atoms with Gasteiger partial charge in [0.2, 0.25) is 0 Å². The number of amides is 2. The van der Waals surface area contributed by atoms with Crippen LogP contribution in [0.5, 0.6) is 0 Å². The Hall–Kier alpha value is -2.25. The van der Waals surface area contributed by atoms with Crippen molar-refractivity contribution in [3.05, 3.63) is 12.3 Å². The molecule has 2 fully saturated rings. The SMILES string of the molecule is C=C(NNC(N)=O)C1(C)CC2(CC(C)(C)OC2=O)C(=O)O1. The number of esters is 2. The van der Waals surface area contributed by atoms with Crippen LogP contribution in [0.3, 0.4) is 0 Å². The van der Waals surface area contributed by atoms with Crippen LogP contribution in [0.2, 0.25) is 0 Å². The Bertz CT molecular complexity index is 544. The van der Waals surface area contributed by atoms with Crippen LogP contribution in [0.1, 0.15) is 33.6 Å². The molecule has 2 rings (SSSR count). The third-order valence-electron chi connectivity index (χ3n) is 3.81. The van der Waals surface area contributed by atoms with E-state index in [1.54, 1.807) is 20.8 Å². The number of hydrogen-bond acceptors (Lipinski definition) is 6. The Morgan fingerprint density at radius 2 is 1.71 bits per heavy atom. The number of carbonyl (C=O) groups excluding carboxylic acids is 3. The van der Waals surface area contributed by atoms with E-state index in [1.807, 2.05) is 0 Å². The van der Waals surface area contributed by atoms with Gasteiger partial charge in [0.15, 0.2) is 11.0 Å². The minimum Gasteiger partial charge on any atom is -0.459 e. The molecule has 8 heteroatoms. The number of ether oxygens (including phenoxy) is 2. The van der Waals surface area contributed by atoms with E-state index < -0.39 is 34.6 Å². The molecule has 0 radical (unpaired) electrons. The zero-order chi connectivity index (χ0) is 16.1. The van der Waals surface area contributed by atoms with E-state index in [9.17, 15) is 14.4 Å². The molecule has 2 aliphatic rings. The van der Waals surface area contributed by atoms with Gasteiger partial charge in [-0.1, -0.05) is 6.58 Å². The summed E-state index contributed by atoms with van der Waals surface area (Å²) in [6.45, 7) is 8.81. The van der Waals surface area contributed by atoms with E-state index in [1.165, 1.54) is 0 Å². The number of carbonyl (C=O) groups is 3. The van der Waals surface area contributed by atoms with Gasteiger partial charge in [0.05, 0.1) is 5.70 Å². The molecule has 0 aromatic rings. The molecule has 2 aliphatic heterocycles. The summed E-state index contributed by atoms with van der Waals surface area (Å²) in [5, 5.41) is 0. The van der Waals surface area contributed by atoms with E-state index in [-0.39, 0.29) is 18.5 Å². The number of rotatable bonds is 3. The molecule has 0 saturated carbocycles. The van der Waals surface area contributed by atoms with Crippen LogP contribution in [-0.2, 0) is 19.1 Å². The minimum absolute atomic E-state index is 0.0906. The van der Waals surface area contributed by atoms with Gasteiger partial charge in [0.1, 0.15) is 5.60 Å². The number of hydrazine groups is 1. The summed E-state index contributed by atoms with van der Waals surface area (Å²) < 4.78 is 10.6. The summed E-state index contributed by atoms with van der Waals surface area (Å²) in [5.41, 5.74) is 6.62. The number of hydrogen-bond donors (Lipinski definition) is 3. The monoisotopic (exact) mass is 297 g/mol. The lowest BCUT2D eigenvalue weighted by Gasteiger charge is -2.26. The van der Waals surface area contributed by atoms with E-state index in [4.69, 9.17) is 15.2 Å². The lowest BCUT2D eigenvalue weighted by molar-refractivity contribution is -0.160. The van der Waals surface area contributed by atoms with Crippen LogP contribution in [0.4, 0.5) is 4.79 Å². The number of urea groups is 1. The number of primary amides is 1. The zero-order valence-electron chi connectivity index (χ0n) is 12.2. The van der Waals surface area contributed by atoms with Gasteiger partial charge in [-0.05, 0) is 20.8 Å². The standard InChI is InChI=1S/C13H19N3O5/c1-7(15-16-10(14)19)12(4)6-13(9(18)21-12)5-11(2,3)20-8(13)17/h15H,1,5-6H2,2-4H3,(H3,14,16,19). The lowest BCUT2D eigenvalue weighted by atomic mass is 9.75. The average Bonchev–Trinajstić information content (AvgIpc) is 2.71. The van der Waals surface area contributed by atoms with Gasteiger partial charge in [-0.15, -0.1) is 0 Å². The van der Waals surface area contributed by atoms with E-state index >= 15 is 0 Å². The van der Waals surface area contributed by atoms with Gasteiger partial charge >= 0.3 is 18.0 Å². The molecule has 0 aromatic heterocycles. The van der Waals surface area contributed by atoms with Gasteiger partial charge in [-0.2, -0.15) is 0 Å². The summed E-state index contributed by atoms with van der Waals surface area (Å²) in [7, 11) is 0. The first kappa shape index (κ1) is 15.1. The van der Waals surface area contributed by atoms with Crippen LogP contribution in [0.25, 0.3) is 0 Å². The highest BCUT2D eigenvalue weighted by atomic mass is 16.6. The van der Waals surface area contributed by atoms with Crippen molar-refractivity contribution >= 4 is 18.0 Å². The Morgan fingerprint density at radius 1 is 1.14 bits per heavy atom. The molecule has 116 valence electrons. The van der Waals surface area contributed by atoms with Crippen molar-refractivity contribution in [1.29, 1.82) is 0 Å². The van der Waals surface area contributed by atoms with Crippen molar-refractivity contribution in [2.45, 2.75) is 44.8 Å². The van der Waals surface area contributed by atoms with Crippen molar-refractivity contribution in [2.75, 3.05) is 0 Å². The number of nitrogens with one attached hydrogen (secondary N) is 2. The van der Waals surface area contributed by atoms with Gasteiger partial charge in [0.25, 0.3) is 0 Å². The lowest BCUT2D eigenvalue weighted by Crippen LogP contribution is -2.46. The topological polar surface area (TPSA) is 120 Å². The van der Waals surface area contributed by atoms with Crippen molar-refractivity contribution < 1.29 is 23.9 Å². The quantitative estimate of drug-likeness (QED) is 0.386. The van der Waals surface area contributed by atoms with E-state index in [2.05, 4.69) is 17.4 Å². The highest BCUT2D eigenvalue weighted by molar-refractivity contribution is 6.03. The maximum absolute atomic E-state index is 12.3. The van der Waals surface area contributed by atoms with Crippen molar-refractivity contribution in [1.82, 2.24) is 10.9 Å². The normalized spacial score (nSPS) is 33.5. The highest BCUT2D eigenvalue weighted by Gasteiger charge is 2.67. The van der Waals surface area contributed by atoms with Crippen LogP contribution in [-0.4, -0.2) is 29.2 Å². The first-order valence-electron chi connectivity index (χ1n) is 6.49.